The van der Waals surface area contributed by atoms with Crippen molar-refractivity contribution in [3.05, 3.63) is 70.3 Å². The molecule has 0 unspecified atom stereocenters. The molecule has 2 rings (SSSR count). The van der Waals surface area contributed by atoms with E-state index in [-0.39, 0.29) is 23.1 Å². The molecule has 0 aliphatic rings. The fourth-order valence-corrected chi connectivity index (χ4v) is 11.3. The first kappa shape index (κ1) is 31.4. The molecule has 0 saturated heterocycles. The molecule has 1 N–H and O–H groups in total. The normalized spacial score (nSPS) is 12.2. The van der Waals surface area contributed by atoms with E-state index in [1.807, 2.05) is 68.5 Å². The molecule has 5 nitrogen and oxygen atoms in total. The van der Waals surface area contributed by atoms with Gasteiger partial charge in [-0.05, 0) is 18.2 Å². The van der Waals surface area contributed by atoms with Gasteiger partial charge in [-0.25, -0.2) is 4.99 Å². The predicted molar refractivity (Wildman–Crippen MR) is 150 cm³/mol. The van der Waals surface area contributed by atoms with Crippen molar-refractivity contribution in [2.45, 2.75) is 53.1 Å². The minimum absolute atomic E-state index is 0. The van der Waals surface area contributed by atoms with E-state index in [1.54, 1.807) is 14.2 Å². The van der Waals surface area contributed by atoms with Crippen molar-refractivity contribution in [1.29, 1.82) is 0 Å². The van der Waals surface area contributed by atoms with E-state index in [1.165, 1.54) is 0 Å². The molecule has 33 heavy (non-hydrogen) atoms. The molecule has 0 aromatic heterocycles. The average Bonchev–Trinajstić information content (AvgIpc) is 2.66. The topological polar surface area (TPSA) is 60.6 Å². The molecule has 0 spiro atoms. The van der Waals surface area contributed by atoms with E-state index in [0.717, 1.165) is 34.3 Å². The largest absolute Gasteiger partial charge is 2.00 e. The number of hydrogen-bond acceptors (Lipinski definition) is 2. The van der Waals surface area contributed by atoms with Crippen LogP contribution in [0.1, 0.15) is 13.8 Å². The van der Waals surface area contributed by atoms with Gasteiger partial charge in [0.2, 0.25) is 5.69 Å². The van der Waals surface area contributed by atoms with Crippen LogP contribution in [-0.2, 0) is 0 Å². The number of para-hydroxylation sites is 4. The summed E-state index contributed by atoms with van der Waals surface area (Å²) in [5.74, 6) is 1.56. The quantitative estimate of drug-likeness (QED) is 0.354. The SMILES string of the molecule is COc1ccccc1[N-]/C(C)=C\C(C)=[NH+]c1ccccc1OC.C[Si](C)(C)[N-][Si](C)(C)C.[Mg+2]. The van der Waals surface area contributed by atoms with Gasteiger partial charge in [0.15, 0.2) is 11.5 Å². The van der Waals surface area contributed by atoms with Crippen LogP contribution in [0, 0.1) is 0 Å². The minimum Gasteiger partial charge on any atom is -0.668 e. The van der Waals surface area contributed by atoms with Crippen molar-refractivity contribution >= 4 is 56.6 Å². The van der Waals surface area contributed by atoms with E-state index in [0.29, 0.717) is 0 Å². The van der Waals surface area contributed by atoms with Crippen LogP contribution in [0.2, 0.25) is 39.3 Å². The molecule has 0 fully saturated rings. The van der Waals surface area contributed by atoms with E-state index >= 15 is 0 Å². The molecule has 0 radical (unpaired) electrons. The number of allylic oxidation sites excluding steroid dienone is 2. The molecule has 2 aromatic carbocycles. The first-order valence-electron chi connectivity index (χ1n) is 10.9. The molecule has 8 heteroatoms. The molecule has 0 bridgehead atoms. The predicted octanol–water partition coefficient (Wildman–Crippen LogP) is 6.14. The van der Waals surface area contributed by atoms with Gasteiger partial charge < -0.3 is 19.4 Å². The molecule has 0 amide bonds. The van der Waals surface area contributed by atoms with Crippen LogP contribution >= 0.6 is 0 Å². The number of rotatable bonds is 8. The zero-order valence-electron chi connectivity index (χ0n) is 22.1. The van der Waals surface area contributed by atoms with Gasteiger partial charge >= 0.3 is 23.1 Å². The summed E-state index contributed by atoms with van der Waals surface area (Å²) in [6.45, 7) is 17.7. The average molecular weight is 495 g/mol. The van der Waals surface area contributed by atoms with Crippen molar-refractivity contribution in [3.63, 3.8) is 0 Å². The summed E-state index contributed by atoms with van der Waals surface area (Å²) >= 11 is 0. The number of benzene rings is 2. The smallest absolute Gasteiger partial charge is 0.668 e. The number of nitrogens with zero attached hydrogens (tertiary/aromatic N) is 2. The van der Waals surface area contributed by atoms with Crippen LogP contribution in [0.15, 0.2) is 60.3 Å². The zero-order valence-corrected chi connectivity index (χ0v) is 25.5. The van der Waals surface area contributed by atoms with Crippen molar-refractivity contribution in [2.75, 3.05) is 14.2 Å². The summed E-state index contributed by atoms with van der Waals surface area (Å²) in [5.41, 5.74) is 3.60. The Kier molecular flexibility index (Phi) is 13.9. The first-order valence-corrected chi connectivity index (χ1v) is 17.7. The Morgan fingerprint density at radius 1 is 0.788 bits per heavy atom. The Morgan fingerprint density at radius 2 is 1.27 bits per heavy atom. The Balaban J connectivity index is 0.000000875. The Labute approximate surface area is 219 Å². The Hall–Kier alpha value is -1.59. The summed E-state index contributed by atoms with van der Waals surface area (Å²) in [7, 11) is 1.10. The molecule has 0 heterocycles. The molecular formula is C25H40MgN3O2Si2+. The zero-order chi connectivity index (χ0) is 24.4. The van der Waals surface area contributed by atoms with Crippen molar-refractivity contribution in [2.24, 2.45) is 0 Å². The van der Waals surface area contributed by atoms with Crippen molar-refractivity contribution in [1.82, 2.24) is 0 Å². The van der Waals surface area contributed by atoms with E-state index in [9.17, 15) is 0 Å². The van der Waals surface area contributed by atoms with Crippen LogP contribution < -0.4 is 14.5 Å². The fourth-order valence-electron chi connectivity index (χ4n) is 3.26. The van der Waals surface area contributed by atoms with Crippen LogP contribution in [0.5, 0.6) is 11.5 Å². The van der Waals surface area contributed by atoms with E-state index in [2.05, 4.69) is 49.6 Å². The summed E-state index contributed by atoms with van der Waals surface area (Å²) in [6.07, 6.45) is 1.98. The van der Waals surface area contributed by atoms with E-state index < -0.39 is 16.5 Å². The molecule has 0 atom stereocenters. The standard InChI is InChI=1S/C19H21N2O2.C6H18NSi2.Mg/c1-14(20-16-9-5-7-11-18(16)22-3)13-15(2)21-17-10-6-8-12-19(17)23-4;1-8(2,3)7-9(4,5)6;/h5-13H,1-4H3;1-6H3;/q2*-1;+2/p+1/b14-13-,21-15?;;. The molecule has 0 aliphatic carbocycles. The second kappa shape index (κ2) is 14.6. The minimum atomic E-state index is -1.11. The van der Waals surface area contributed by atoms with Gasteiger partial charge in [-0.15, -0.1) is 0 Å². The van der Waals surface area contributed by atoms with Gasteiger partial charge in [0, 0.05) is 13.0 Å². The third-order valence-electron chi connectivity index (χ3n) is 3.92. The molecule has 0 aliphatic heterocycles. The van der Waals surface area contributed by atoms with E-state index in [4.69, 9.17) is 14.1 Å². The number of methoxy groups -OCH3 is 2. The fraction of sp³-hybridized carbons (Fsp3) is 0.400. The van der Waals surface area contributed by atoms with Crippen molar-refractivity contribution < 1.29 is 14.5 Å². The monoisotopic (exact) mass is 494 g/mol. The van der Waals surface area contributed by atoms with Gasteiger partial charge in [-0.2, -0.15) is 5.70 Å². The first-order chi connectivity index (χ1) is 14.8. The third-order valence-corrected chi connectivity index (χ3v) is 9.28. The van der Waals surface area contributed by atoms with Crippen LogP contribution in [0.3, 0.4) is 0 Å². The second-order valence-corrected chi connectivity index (χ2v) is 19.1. The molecule has 0 saturated carbocycles. The van der Waals surface area contributed by atoms with Gasteiger partial charge in [0.05, 0.1) is 14.2 Å². The summed E-state index contributed by atoms with van der Waals surface area (Å²) < 4.78 is 15.5. The maximum absolute atomic E-state index is 5.34. The van der Waals surface area contributed by atoms with Gasteiger partial charge in [0.25, 0.3) is 0 Å². The molecule has 2 aromatic rings. The van der Waals surface area contributed by atoms with Crippen LogP contribution in [0.4, 0.5) is 11.4 Å². The molecule has 176 valence electrons. The van der Waals surface area contributed by atoms with Gasteiger partial charge in [-0.1, -0.05) is 98.7 Å². The summed E-state index contributed by atoms with van der Waals surface area (Å²) in [6, 6.07) is 15.5. The maximum Gasteiger partial charge on any atom is 2.00 e. The number of ether oxygens (including phenoxy) is 2. The summed E-state index contributed by atoms with van der Waals surface area (Å²) in [4.78, 5) is 3.33. The van der Waals surface area contributed by atoms with Gasteiger partial charge in [0.1, 0.15) is 5.75 Å². The second-order valence-electron chi connectivity index (χ2n) is 9.53. The Bertz CT molecular complexity index is 908. The van der Waals surface area contributed by atoms with Crippen molar-refractivity contribution in [3.8, 4) is 11.5 Å². The van der Waals surface area contributed by atoms with Crippen LogP contribution in [0.25, 0.3) is 9.96 Å². The number of hydrogen-bond donors (Lipinski definition) is 1. The number of nitrogens with one attached hydrogen (secondary N) is 1. The Morgan fingerprint density at radius 3 is 1.76 bits per heavy atom. The van der Waals surface area contributed by atoms with Gasteiger partial charge in [-0.3, -0.25) is 0 Å². The third kappa shape index (κ3) is 13.6. The molecular weight excluding hydrogens is 455 g/mol. The maximum atomic E-state index is 5.34. The van der Waals surface area contributed by atoms with Crippen LogP contribution in [-0.4, -0.2) is 59.5 Å². The summed E-state index contributed by atoms with van der Waals surface area (Å²) in [5, 5.41) is 4.60.